The highest BCUT2D eigenvalue weighted by Crippen LogP contribution is 2.32. The average Bonchev–Trinajstić information content (AvgIpc) is 2.45. The fraction of sp³-hybridized carbons (Fsp3) is 1.00. The number of nitrogens with zero attached hydrogens (tertiary/aromatic N) is 1. The molecule has 1 saturated heterocycles. The number of hydrogen-bond acceptors (Lipinski definition) is 3. The minimum Gasteiger partial charge on any atom is -0.377 e. The topological polar surface area (TPSA) is 24.5 Å². The fourth-order valence-corrected chi connectivity index (χ4v) is 4.51. The number of hydrogen-bond donors (Lipinski definition) is 1. The minimum absolute atomic E-state index is 0.460. The summed E-state index contributed by atoms with van der Waals surface area (Å²) >= 11 is 0. The summed E-state index contributed by atoms with van der Waals surface area (Å²) in [6, 6.07) is 1.32. The molecule has 5 atom stereocenters. The summed E-state index contributed by atoms with van der Waals surface area (Å²) in [7, 11) is 2.32. The predicted molar refractivity (Wildman–Crippen MR) is 89.7 cm³/mol. The van der Waals surface area contributed by atoms with Crippen LogP contribution in [0.5, 0.6) is 0 Å². The molecule has 5 unspecified atom stereocenters. The van der Waals surface area contributed by atoms with Gasteiger partial charge in [-0.25, -0.2) is 0 Å². The van der Waals surface area contributed by atoms with E-state index in [0.29, 0.717) is 18.2 Å². The first kappa shape index (κ1) is 17.2. The van der Waals surface area contributed by atoms with Crippen molar-refractivity contribution in [3.63, 3.8) is 0 Å². The van der Waals surface area contributed by atoms with Gasteiger partial charge in [-0.2, -0.15) is 0 Å². The molecular weight excluding hydrogens is 260 g/mol. The van der Waals surface area contributed by atoms with Crippen molar-refractivity contribution < 1.29 is 4.74 Å². The van der Waals surface area contributed by atoms with Crippen LogP contribution in [0.2, 0.25) is 0 Å². The summed E-state index contributed by atoms with van der Waals surface area (Å²) in [6.07, 6.45) is 8.21. The molecule has 1 heterocycles. The van der Waals surface area contributed by atoms with Gasteiger partial charge in [-0.1, -0.05) is 20.8 Å². The first-order valence-electron chi connectivity index (χ1n) is 9.17. The Hall–Kier alpha value is -0.120. The maximum absolute atomic E-state index is 5.95. The monoisotopic (exact) mass is 296 g/mol. The molecule has 0 bridgehead atoms. The quantitative estimate of drug-likeness (QED) is 0.814. The van der Waals surface area contributed by atoms with Gasteiger partial charge >= 0.3 is 0 Å². The molecule has 1 N–H and O–H groups in total. The van der Waals surface area contributed by atoms with Gasteiger partial charge in [0.1, 0.15) is 0 Å². The third-order valence-corrected chi connectivity index (χ3v) is 5.36. The Balaban J connectivity index is 1.94. The second-order valence-electron chi connectivity index (χ2n) is 7.53. The van der Waals surface area contributed by atoms with Crippen LogP contribution < -0.4 is 5.32 Å². The molecule has 2 rings (SSSR count). The standard InChI is InChI=1S/C18H36N2O/c1-5-9-19-17-12-14(2)11-15(3)18(17)20(4)13-16-8-6-7-10-21-16/h14-19H,5-13H2,1-4H3. The Morgan fingerprint density at radius 1 is 1.19 bits per heavy atom. The van der Waals surface area contributed by atoms with Gasteiger partial charge in [-0.3, -0.25) is 4.90 Å². The smallest absolute Gasteiger partial charge is 0.0702 e. The molecule has 124 valence electrons. The Morgan fingerprint density at radius 2 is 2.00 bits per heavy atom. The zero-order chi connectivity index (χ0) is 15.2. The molecule has 0 aromatic carbocycles. The van der Waals surface area contributed by atoms with E-state index < -0.39 is 0 Å². The van der Waals surface area contributed by atoms with E-state index in [0.717, 1.165) is 31.5 Å². The van der Waals surface area contributed by atoms with Crippen molar-refractivity contribution in [3.05, 3.63) is 0 Å². The van der Waals surface area contributed by atoms with Gasteiger partial charge in [0.25, 0.3) is 0 Å². The third kappa shape index (κ3) is 4.94. The van der Waals surface area contributed by atoms with E-state index in [4.69, 9.17) is 4.74 Å². The molecule has 2 aliphatic rings. The third-order valence-electron chi connectivity index (χ3n) is 5.36. The second-order valence-corrected chi connectivity index (χ2v) is 7.53. The molecule has 0 aromatic heterocycles. The lowest BCUT2D eigenvalue weighted by atomic mass is 9.75. The molecule has 3 heteroatoms. The van der Waals surface area contributed by atoms with Crippen LogP contribution in [0.15, 0.2) is 0 Å². The molecule has 1 aliphatic heterocycles. The summed E-state index contributed by atoms with van der Waals surface area (Å²) in [4.78, 5) is 2.60. The second kappa shape index (κ2) is 8.50. The van der Waals surface area contributed by atoms with Crippen LogP contribution in [0, 0.1) is 11.8 Å². The molecule has 3 nitrogen and oxygen atoms in total. The van der Waals surface area contributed by atoms with Crippen LogP contribution in [-0.4, -0.2) is 49.8 Å². The summed E-state index contributed by atoms with van der Waals surface area (Å²) in [5, 5.41) is 3.82. The van der Waals surface area contributed by atoms with E-state index in [2.05, 4.69) is 38.0 Å². The van der Waals surface area contributed by atoms with Crippen LogP contribution >= 0.6 is 0 Å². The average molecular weight is 296 g/mol. The Bertz CT molecular complexity index is 291. The predicted octanol–water partition coefficient (Wildman–Crippen LogP) is 3.29. The van der Waals surface area contributed by atoms with Gasteiger partial charge in [-0.05, 0) is 64.0 Å². The lowest BCUT2D eigenvalue weighted by molar-refractivity contribution is -0.0231. The van der Waals surface area contributed by atoms with Gasteiger partial charge in [0.15, 0.2) is 0 Å². The van der Waals surface area contributed by atoms with E-state index in [9.17, 15) is 0 Å². The summed E-state index contributed by atoms with van der Waals surface area (Å²) in [5.41, 5.74) is 0. The van der Waals surface area contributed by atoms with Gasteiger partial charge in [-0.15, -0.1) is 0 Å². The van der Waals surface area contributed by atoms with Crippen LogP contribution in [0.25, 0.3) is 0 Å². The molecule has 0 radical (unpaired) electrons. The van der Waals surface area contributed by atoms with Crippen molar-refractivity contribution in [3.8, 4) is 0 Å². The molecule has 0 spiro atoms. The molecule has 1 saturated carbocycles. The molecule has 2 fully saturated rings. The van der Waals surface area contributed by atoms with Crippen LogP contribution in [0.3, 0.4) is 0 Å². The van der Waals surface area contributed by atoms with E-state index in [1.165, 1.54) is 38.5 Å². The number of ether oxygens (including phenoxy) is 1. The zero-order valence-electron chi connectivity index (χ0n) is 14.6. The first-order valence-corrected chi connectivity index (χ1v) is 9.17. The van der Waals surface area contributed by atoms with Crippen molar-refractivity contribution in [2.24, 2.45) is 11.8 Å². The largest absolute Gasteiger partial charge is 0.377 e. The first-order chi connectivity index (χ1) is 10.1. The maximum atomic E-state index is 5.95. The number of likely N-dealkylation sites (N-methyl/N-ethyl adjacent to an activating group) is 1. The lowest BCUT2D eigenvalue weighted by Gasteiger charge is -2.46. The number of rotatable bonds is 6. The van der Waals surface area contributed by atoms with Crippen LogP contribution in [-0.2, 0) is 4.74 Å². The molecule has 1 aliphatic carbocycles. The molecule has 21 heavy (non-hydrogen) atoms. The minimum atomic E-state index is 0.460. The molecule has 0 aromatic rings. The Kier molecular flexibility index (Phi) is 6.97. The van der Waals surface area contributed by atoms with Crippen molar-refractivity contribution in [1.82, 2.24) is 10.2 Å². The van der Waals surface area contributed by atoms with E-state index in [-0.39, 0.29) is 0 Å². The molecule has 0 amide bonds. The molecular formula is C18H36N2O. The van der Waals surface area contributed by atoms with Crippen LogP contribution in [0.4, 0.5) is 0 Å². The van der Waals surface area contributed by atoms with Gasteiger partial charge in [0.2, 0.25) is 0 Å². The fourth-order valence-electron chi connectivity index (χ4n) is 4.51. The van der Waals surface area contributed by atoms with E-state index in [1.54, 1.807) is 0 Å². The van der Waals surface area contributed by atoms with Gasteiger partial charge in [0, 0.05) is 25.2 Å². The lowest BCUT2D eigenvalue weighted by Crippen LogP contribution is -2.57. The van der Waals surface area contributed by atoms with Crippen LogP contribution in [0.1, 0.15) is 59.3 Å². The zero-order valence-corrected chi connectivity index (χ0v) is 14.6. The Morgan fingerprint density at radius 3 is 2.67 bits per heavy atom. The SMILES string of the molecule is CCCNC1CC(C)CC(C)C1N(C)CC1CCCCO1. The highest BCUT2D eigenvalue weighted by Gasteiger charge is 2.36. The maximum Gasteiger partial charge on any atom is 0.0702 e. The van der Waals surface area contributed by atoms with E-state index >= 15 is 0 Å². The number of nitrogens with one attached hydrogen (secondary N) is 1. The summed E-state index contributed by atoms with van der Waals surface area (Å²) in [5.74, 6) is 1.63. The van der Waals surface area contributed by atoms with E-state index in [1.807, 2.05) is 0 Å². The van der Waals surface area contributed by atoms with Crippen molar-refractivity contribution >= 4 is 0 Å². The van der Waals surface area contributed by atoms with Crippen molar-refractivity contribution in [1.29, 1.82) is 0 Å². The Labute approximate surface area is 131 Å². The summed E-state index contributed by atoms with van der Waals surface area (Å²) in [6.45, 7) is 10.3. The normalized spacial score (nSPS) is 37.9. The van der Waals surface area contributed by atoms with Gasteiger partial charge in [0.05, 0.1) is 6.10 Å². The van der Waals surface area contributed by atoms with Crippen molar-refractivity contribution in [2.45, 2.75) is 77.5 Å². The summed E-state index contributed by atoms with van der Waals surface area (Å²) < 4.78 is 5.95. The highest BCUT2D eigenvalue weighted by atomic mass is 16.5. The van der Waals surface area contributed by atoms with Gasteiger partial charge < -0.3 is 10.1 Å². The highest BCUT2D eigenvalue weighted by molar-refractivity contribution is 4.93. The van der Waals surface area contributed by atoms with Crippen molar-refractivity contribution in [2.75, 3.05) is 26.7 Å².